The minimum Gasteiger partial charge on any atom is -0.484 e. The van der Waals surface area contributed by atoms with Crippen molar-refractivity contribution in [2.75, 3.05) is 11.9 Å². The molecule has 0 radical (unpaired) electrons. The second-order valence-corrected chi connectivity index (χ2v) is 7.00. The van der Waals surface area contributed by atoms with Gasteiger partial charge in [0.05, 0.1) is 29.2 Å². The summed E-state index contributed by atoms with van der Waals surface area (Å²) in [5.74, 6) is -1.60. The van der Waals surface area contributed by atoms with Crippen molar-refractivity contribution in [1.82, 2.24) is 15.7 Å². The molecule has 0 aliphatic carbocycles. The zero-order chi connectivity index (χ0) is 23.5. The second-order valence-electron chi connectivity index (χ2n) is 6.59. The third-order valence-corrected chi connectivity index (χ3v) is 4.47. The van der Waals surface area contributed by atoms with E-state index in [1.54, 1.807) is 72.9 Å². The van der Waals surface area contributed by atoms with Crippen LogP contribution in [0.25, 0.3) is 0 Å². The van der Waals surface area contributed by atoms with Gasteiger partial charge in [-0.2, -0.15) is 5.10 Å². The van der Waals surface area contributed by atoms with Gasteiger partial charge in [-0.3, -0.25) is 19.4 Å². The van der Waals surface area contributed by atoms with E-state index in [0.717, 1.165) is 0 Å². The molecule has 10 heteroatoms. The normalized spacial score (nSPS) is 10.5. The maximum atomic E-state index is 12.0. The van der Waals surface area contributed by atoms with Crippen LogP contribution in [-0.2, 0) is 20.9 Å². The number of hydrazone groups is 1. The van der Waals surface area contributed by atoms with Crippen LogP contribution in [0.2, 0.25) is 5.02 Å². The Morgan fingerprint density at radius 3 is 2.45 bits per heavy atom. The van der Waals surface area contributed by atoms with Gasteiger partial charge < -0.3 is 15.4 Å². The zero-order valence-electron chi connectivity index (χ0n) is 17.3. The van der Waals surface area contributed by atoms with Crippen LogP contribution in [0.15, 0.2) is 78.0 Å². The highest BCUT2D eigenvalue weighted by Crippen LogP contribution is 2.20. The summed E-state index contributed by atoms with van der Waals surface area (Å²) in [7, 11) is 0. The summed E-state index contributed by atoms with van der Waals surface area (Å²) in [6.45, 7) is -0.0585. The fourth-order valence-corrected chi connectivity index (χ4v) is 2.70. The number of carbonyl (C=O) groups excluding carboxylic acids is 3. The first-order valence-electron chi connectivity index (χ1n) is 9.79. The number of hydrogen-bond donors (Lipinski definition) is 3. The number of aromatic nitrogens is 1. The molecule has 2 aromatic carbocycles. The van der Waals surface area contributed by atoms with Crippen LogP contribution in [0.3, 0.4) is 0 Å². The summed E-state index contributed by atoms with van der Waals surface area (Å²) in [5.41, 5.74) is 3.94. The van der Waals surface area contributed by atoms with Crippen molar-refractivity contribution in [3.05, 3.63) is 89.2 Å². The lowest BCUT2D eigenvalue weighted by Gasteiger charge is -2.08. The van der Waals surface area contributed by atoms with E-state index in [0.29, 0.717) is 27.7 Å². The number of anilines is 1. The molecule has 0 saturated carbocycles. The minimum absolute atomic E-state index is 0.134. The van der Waals surface area contributed by atoms with Gasteiger partial charge in [-0.05, 0) is 54.1 Å². The molecule has 0 fully saturated rings. The number of para-hydroxylation sites is 1. The molecule has 168 valence electrons. The maximum absolute atomic E-state index is 12.0. The molecular formula is C23H20ClN5O4. The van der Waals surface area contributed by atoms with E-state index in [1.807, 2.05) is 0 Å². The number of pyridine rings is 1. The van der Waals surface area contributed by atoms with Crippen LogP contribution in [0, 0.1) is 0 Å². The smallest absolute Gasteiger partial charge is 0.329 e. The third-order valence-electron chi connectivity index (χ3n) is 4.14. The number of hydrogen-bond acceptors (Lipinski definition) is 6. The topological polar surface area (TPSA) is 122 Å². The first-order chi connectivity index (χ1) is 16.0. The van der Waals surface area contributed by atoms with Crippen LogP contribution < -0.4 is 20.8 Å². The Labute approximate surface area is 194 Å². The standard InChI is InChI=1S/C23H20ClN5O4/c24-19-6-1-2-7-20(19)28-21(30)15-33-18-10-8-16(9-11-18)13-27-29-23(32)22(31)26-14-17-5-3-4-12-25-17/h1-13H,14-15H2,(H,26,31)(H,28,30)(H,29,32)/b27-13-. The predicted molar refractivity (Wildman–Crippen MR) is 124 cm³/mol. The molecule has 0 spiro atoms. The second kappa shape index (κ2) is 12.0. The highest BCUT2D eigenvalue weighted by atomic mass is 35.5. The Bertz CT molecular complexity index is 1140. The Morgan fingerprint density at radius 1 is 0.970 bits per heavy atom. The molecule has 9 nitrogen and oxygen atoms in total. The molecule has 3 rings (SSSR count). The summed E-state index contributed by atoms with van der Waals surface area (Å²) < 4.78 is 5.45. The molecule has 33 heavy (non-hydrogen) atoms. The van der Waals surface area contributed by atoms with Crippen LogP contribution in [-0.4, -0.2) is 35.5 Å². The van der Waals surface area contributed by atoms with Gasteiger partial charge in [0.15, 0.2) is 6.61 Å². The van der Waals surface area contributed by atoms with Gasteiger partial charge in [0.2, 0.25) is 0 Å². The van der Waals surface area contributed by atoms with E-state index in [2.05, 4.69) is 26.1 Å². The van der Waals surface area contributed by atoms with Crippen molar-refractivity contribution in [2.24, 2.45) is 5.10 Å². The van der Waals surface area contributed by atoms with E-state index in [-0.39, 0.29) is 19.1 Å². The average molecular weight is 466 g/mol. The fourth-order valence-electron chi connectivity index (χ4n) is 2.52. The summed E-state index contributed by atoms with van der Waals surface area (Å²) in [6, 6.07) is 18.8. The molecule has 3 aromatic rings. The van der Waals surface area contributed by atoms with Crippen LogP contribution in [0.4, 0.5) is 5.69 Å². The van der Waals surface area contributed by atoms with Crippen molar-refractivity contribution in [3.8, 4) is 5.75 Å². The molecule has 3 N–H and O–H groups in total. The summed E-state index contributed by atoms with van der Waals surface area (Å²) in [5, 5.41) is 9.31. The zero-order valence-corrected chi connectivity index (χ0v) is 18.1. The van der Waals surface area contributed by atoms with Gasteiger partial charge in [-0.25, -0.2) is 5.43 Å². The monoisotopic (exact) mass is 465 g/mol. The van der Waals surface area contributed by atoms with Crippen molar-refractivity contribution in [1.29, 1.82) is 0 Å². The van der Waals surface area contributed by atoms with Crippen LogP contribution >= 0.6 is 11.6 Å². The number of amides is 3. The Morgan fingerprint density at radius 2 is 1.73 bits per heavy atom. The van der Waals surface area contributed by atoms with Gasteiger partial charge in [-0.15, -0.1) is 0 Å². The maximum Gasteiger partial charge on any atom is 0.329 e. The van der Waals surface area contributed by atoms with E-state index < -0.39 is 11.8 Å². The number of rotatable bonds is 8. The Kier molecular flexibility index (Phi) is 8.49. The van der Waals surface area contributed by atoms with Crippen molar-refractivity contribution in [3.63, 3.8) is 0 Å². The van der Waals surface area contributed by atoms with Crippen molar-refractivity contribution in [2.45, 2.75) is 6.54 Å². The average Bonchev–Trinajstić information content (AvgIpc) is 2.84. The van der Waals surface area contributed by atoms with Crippen LogP contribution in [0.1, 0.15) is 11.3 Å². The molecule has 3 amide bonds. The molecule has 0 aliphatic heterocycles. The van der Waals surface area contributed by atoms with E-state index >= 15 is 0 Å². The Hall–Kier alpha value is -4.24. The third kappa shape index (κ3) is 7.75. The molecule has 0 saturated heterocycles. The fraction of sp³-hybridized carbons (Fsp3) is 0.0870. The SMILES string of the molecule is O=C(COc1ccc(/C=N\NC(=O)C(=O)NCc2ccccn2)cc1)Nc1ccccc1Cl. The molecule has 0 unspecified atom stereocenters. The van der Waals surface area contributed by atoms with E-state index in [1.165, 1.54) is 6.21 Å². The molecular weight excluding hydrogens is 446 g/mol. The molecule has 1 heterocycles. The van der Waals surface area contributed by atoms with Crippen molar-refractivity contribution >= 4 is 41.2 Å². The number of ether oxygens (including phenoxy) is 1. The van der Waals surface area contributed by atoms with E-state index in [4.69, 9.17) is 16.3 Å². The number of halogens is 1. The largest absolute Gasteiger partial charge is 0.484 e. The lowest BCUT2D eigenvalue weighted by molar-refractivity contribution is -0.139. The lowest BCUT2D eigenvalue weighted by Crippen LogP contribution is -2.37. The lowest BCUT2D eigenvalue weighted by atomic mass is 10.2. The van der Waals surface area contributed by atoms with E-state index in [9.17, 15) is 14.4 Å². The van der Waals surface area contributed by atoms with Gasteiger partial charge in [0, 0.05) is 6.20 Å². The predicted octanol–water partition coefficient (Wildman–Crippen LogP) is 2.52. The van der Waals surface area contributed by atoms with Crippen LogP contribution in [0.5, 0.6) is 5.75 Å². The minimum atomic E-state index is -0.897. The quantitative estimate of drug-likeness (QED) is 0.268. The summed E-state index contributed by atoms with van der Waals surface area (Å²) >= 11 is 6.00. The molecule has 0 atom stereocenters. The molecule has 0 aliphatic rings. The van der Waals surface area contributed by atoms with Gasteiger partial charge in [0.1, 0.15) is 5.75 Å². The molecule has 0 bridgehead atoms. The van der Waals surface area contributed by atoms with Gasteiger partial charge in [0.25, 0.3) is 5.91 Å². The number of benzene rings is 2. The number of nitrogens with zero attached hydrogens (tertiary/aromatic N) is 2. The summed E-state index contributed by atoms with van der Waals surface area (Å²) in [6.07, 6.45) is 2.97. The van der Waals surface area contributed by atoms with Crippen molar-refractivity contribution < 1.29 is 19.1 Å². The number of nitrogens with one attached hydrogen (secondary N) is 3. The Balaban J connectivity index is 1.40. The highest BCUT2D eigenvalue weighted by Gasteiger charge is 2.12. The first-order valence-corrected chi connectivity index (χ1v) is 10.2. The highest BCUT2D eigenvalue weighted by molar-refractivity contribution is 6.35. The summed E-state index contributed by atoms with van der Waals surface area (Å²) in [4.78, 5) is 39.6. The number of carbonyl (C=O) groups is 3. The van der Waals surface area contributed by atoms with Gasteiger partial charge >= 0.3 is 11.8 Å². The first kappa shape index (κ1) is 23.4. The molecule has 1 aromatic heterocycles. The van der Waals surface area contributed by atoms with Gasteiger partial charge in [-0.1, -0.05) is 29.8 Å².